The molecule has 0 heterocycles. The Hall–Kier alpha value is -1.39. The molecule has 0 saturated heterocycles. The summed E-state index contributed by atoms with van der Waals surface area (Å²) >= 11 is 0. The van der Waals surface area contributed by atoms with Crippen LogP contribution in [0.15, 0.2) is 24.3 Å². The second kappa shape index (κ2) is 6.52. The van der Waals surface area contributed by atoms with Gasteiger partial charge in [0.1, 0.15) is 5.41 Å². The molecule has 0 aliphatic rings. The highest BCUT2D eigenvalue weighted by Gasteiger charge is 2.41. The van der Waals surface area contributed by atoms with Crippen molar-refractivity contribution in [3.63, 3.8) is 0 Å². The molecular formula is C14H21NO3. The van der Waals surface area contributed by atoms with Crippen molar-refractivity contribution in [3.8, 4) is 0 Å². The van der Waals surface area contributed by atoms with Crippen molar-refractivity contribution in [1.29, 1.82) is 0 Å². The van der Waals surface area contributed by atoms with E-state index in [-0.39, 0.29) is 19.1 Å². The van der Waals surface area contributed by atoms with Crippen LogP contribution in [0.4, 0.5) is 0 Å². The van der Waals surface area contributed by atoms with Gasteiger partial charge in [0.05, 0.1) is 13.7 Å². The summed E-state index contributed by atoms with van der Waals surface area (Å²) in [6.45, 7) is 4.76. The quantitative estimate of drug-likeness (QED) is 0.776. The molecular weight excluding hydrogens is 230 g/mol. The minimum Gasteiger partial charge on any atom is -0.468 e. The lowest BCUT2D eigenvalue weighted by Crippen LogP contribution is -2.48. The SMILES string of the molecule is CCOCC(CN)(C(=O)OC)c1ccccc1C. The van der Waals surface area contributed by atoms with Crippen LogP contribution in [0.5, 0.6) is 0 Å². The van der Waals surface area contributed by atoms with Crippen molar-refractivity contribution >= 4 is 5.97 Å². The van der Waals surface area contributed by atoms with E-state index in [1.807, 2.05) is 38.1 Å². The molecule has 0 aromatic heterocycles. The molecule has 0 spiro atoms. The van der Waals surface area contributed by atoms with Crippen LogP contribution in [0, 0.1) is 6.92 Å². The van der Waals surface area contributed by atoms with E-state index in [0.29, 0.717) is 6.61 Å². The molecule has 1 unspecified atom stereocenters. The Morgan fingerprint density at radius 3 is 2.56 bits per heavy atom. The van der Waals surface area contributed by atoms with Gasteiger partial charge in [0.25, 0.3) is 0 Å². The van der Waals surface area contributed by atoms with Gasteiger partial charge in [-0.3, -0.25) is 4.79 Å². The van der Waals surface area contributed by atoms with Crippen LogP contribution >= 0.6 is 0 Å². The summed E-state index contributed by atoms with van der Waals surface area (Å²) in [6, 6.07) is 7.67. The van der Waals surface area contributed by atoms with Crippen LogP contribution in [0.25, 0.3) is 0 Å². The average molecular weight is 251 g/mol. The maximum absolute atomic E-state index is 12.1. The Morgan fingerprint density at radius 2 is 2.06 bits per heavy atom. The molecule has 0 aliphatic carbocycles. The molecule has 1 rings (SSSR count). The summed E-state index contributed by atoms with van der Waals surface area (Å²) < 4.78 is 10.4. The normalized spacial score (nSPS) is 14.0. The zero-order valence-corrected chi connectivity index (χ0v) is 11.2. The number of benzene rings is 1. The summed E-state index contributed by atoms with van der Waals surface area (Å²) in [7, 11) is 1.37. The minimum atomic E-state index is -0.921. The predicted octanol–water partition coefficient (Wildman–Crippen LogP) is 1.40. The molecule has 0 saturated carbocycles. The summed E-state index contributed by atoms with van der Waals surface area (Å²) in [4.78, 5) is 12.1. The zero-order chi connectivity index (χ0) is 13.6. The van der Waals surface area contributed by atoms with E-state index in [9.17, 15) is 4.79 Å². The second-order valence-corrected chi connectivity index (χ2v) is 4.23. The van der Waals surface area contributed by atoms with Gasteiger partial charge in [-0.05, 0) is 25.0 Å². The van der Waals surface area contributed by atoms with Crippen molar-refractivity contribution in [2.75, 3.05) is 26.9 Å². The molecule has 18 heavy (non-hydrogen) atoms. The number of hydrogen-bond donors (Lipinski definition) is 1. The Bertz CT molecular complexity index is 406. The number of ether oxygens (including phenoxy) is 2. The van der Waals surface area contributed by atoms with Crippen molar-refractivity contribution in [2.45, 2.75) is 19.3 Å². The number of carbonyl (C=O) groups excluding carboxylic acids is 1. The summed E-state index contributed by atoms with van der Waals surface area (Å²) in [5.41, 5.74) is 6.80. The fourth-order valence-electron chi connectivity index (χ4n) is 2.08. The molecule has 0 amide bonds. The molecule has 1 atom stereocenters. The number of rotatable bonds is 6. The van der Waals surface area contributed by atoms with E-state index in [2.05, 4.69) is 0 Å². The Balaban J connectivity index is 3.25. The van der Waals surface area contributed by atoms with Crippen molar-refractivity contribution in [3.05, 3.63) is 35.4 Å². The van der Waals surface area contributed by atoms with Crippen LogP contribution in [-0.4, -0.2) is 32.8 Å². The topological polar surface area (TPSA) is 61.5 Å². The first-order valence-electron chi connectivity index (χ1n) is 6.04. The van der Waals surface area contributed by atoms with Crippen LogP contribution in [0.3, 0.4) is 0 Å². The van der Waals surface area contributed by atoms with Crippen molar-refractivity contribution in [1.82, 2.24) is 0 Å². The number of carbonyl (C=O) groups is 1. The van der Waals surface area contributed by atoms with Gasteiger partial charge in [-0.1, -0.05) is 24.3 Å². The number of hydrogen-bond acceptors (Lipinski definition) is 4. The highest BCUT2D eigenvalue weighted by Crippen LogP contribution is 2.28. The summed E-state index contributed by atoms with van der Waals surface area (Å²) in [5.74, 6) is -0.354. The average Bonchev–Trinajstić information content (AvgIpc) is 2.41. The van der Waals surface area contributed by atoms with Gasteiger partial charge in [0, 0.05) is 13.2 Å². The minimum absolute atomic E-state index is 0.157. The van der Waals surface area contributed by atoms with Crippen molar-refractivity contribution in [2.24, 2.45) is 5.73 Å². The molecule has 2 N–H and O–H groups in total. The lowest BCUT2D eigenvalue weighted by atomic mass is 9.79. The molecule has 0 aliphatic heterocycles. The molecule has 1 aromatic rings. The Kier molecular flexibility index (Phi) is 5.31. The number of methoxy groups -OCH3 is 1. The number of nitrogens with two attached hydrogens (primary N) is 1. The van der Waals surface area contributed by atoms with E-state index in [1.165, 1.54) is 7.11 Å². The molecule has 0 bridgehead atoms. The number of aryl methyl sites for hydroxylation is 1. The van der Waals surface area contributed by atoms with Crippen LogP contribution in [0.2, 0.25) is 0 Å². The van der Waals surface area contributed by atoms with Crippen LogP contribution in [0.1, 0.15) is 18.1 Å². The van der Waals surface area contributed by atoms with Crippen LogP contribution < -0.4 is 5.73 Å². The lowest BCUT2D eigenvalue weighted by molar-refractivity contribution is -0.149. The molecule has 4 heteroatoms. The van der Waals surface area contributed by atoms with Gasteiger partial charge in [-0.25, -0.2) is 0 Å². The molecule has 1 aromatic carbocycles. The molecule has 4 nitrogen and oxygen atoms in total. The Labute approximate surface area is 108 Å². The fourth-order valence-corrected chi connectivity index (χ4v) is 2.08. The smallest absolute Gasteiger partial charge is 0.319 e. The van der Waals surface area contributed by atoms with E-state index >= 15 is 0 Å². The molecule has 0 radical (unpaired) electrons. The fraction of sp³-hybridized carbons (Fsp3) is 0.500. The third-order valence-electron chi connectivity index (χ3n) is 3.14. The maximum Gasteiger partial charge on any atom is 0.319 e. The van der Waals surface area contributed by atoms with Gasteiger partial charge >= 0.3 is 5.97 Å². The van der Waals surface area contributed by atoms with E-state index in [0.717, 1.165) is 11.1 Å². The van der Waals surface area contributed by atoms with Gasteiger partial charge in [0.2, 0.25) is 0 Å². The monoisotopic (exact) mass is 251 g/mol. The first kappa shape index (κ1) is 14.7. The van der Waals surface area contributed by atoms with Gasteiger partial charge in [0.15, 0.2) is 0 Å². The first-order chi connectivity index (χ1) is 8.62. The standard InChI is InChI=1S/C14H21NO3/c1-4-18-10-14(9-15,13(16)17-3)12-8-6-5-7-11(12)2/h5-8H,4,9-10,15H2,1-3H3. The summed E-state index contributed by atoms with van der Waals surface area (Å²) in [6.07, 6.45) is 0. The highest BCUT2D eigenvalue weighted by atomic mass is 16.5. The van der Waals surface area contributed by atoms with E-state index in [4.69, 9.17) is 15.2 Å². The third-order valence-corrected chi connectivity index (χ3v) is 3.14. The highest BCUT2D eigenvalue weighted by molar-refractivity contribution is 5.84. The summed E-state index contributed by atoms with van der Waals surface area (Å²) in [5, 5.41) is 0. The van der Waals surface area contributed by atoms with Crippen molar-refractivity contribution < 1.29 is 14.3 Å². The maximum atomic E-state index is 12.1. The van der Waals surface area contributed by atoms with Gasteiger partial charge in [-0.15, -0.1) is 0 Å². The Morgan fingerprint density at radius 1 is 1.39 bits per heavy atom. The predicted molar refractivity (Wildman–Crippen MR) is 70.4 cm³/mol. The third kappa shape index (κ3) is 2.71. The largest absolute Gasteiger partial charge is 0.468 e. The van der Waals surface area contributed by atoms with E-state index in [1.54, 1.807) is 0 Å². The van der Waals surface area contributed by atoms with Gasteiger partial charge in [-0.2, -0.15) is 0 Å². The van der Waals surface area contributed by atoms with Crippen LogP contribution in [-0.2, 0) is 19.7 Å². The van der Waals surface area contributed by atoms with E-state index < -0.39 is 5.41 Å². The van der Waals surface area contributed by atoms with Gasteiger partial charge < -0.3 is 15.2 Å². The zero-order valence-electron chi connectivity index (χ0n) is 11.2. The lowest BCUT2D eigenvalue weighted by Gasteiger charge is -2.31. The molecule has 0 fully saturated rings. The molecule has 100 valence electrons. The second-order valence-electron chi connectivity index (χ2n) is 4.23. The number of esters is 1. The first-order valence-corrected chi connectivity index (χ1v) is 6.04.